The predicted octanol–water partition coefficient (Wildman–Crippen LogP) is 4.75. The molecule has 4 heteroatoms. The van der Waals surface area contributed by atoms with Crippen molar-refractivity contribution in [3.05, 3.63) is 77.9 Å². The molecule has 0 spiro atoms. The summed E-state index contributed by atoms with van der Waals surface area (Å²) in [5.74, 6) is 1.92. The molecule has 0 amide bonds. The molecule has 2 aromatic carbocycles. The van der Waals surface area contributed by atoms with Crippen LogP contribution in [0.2, 0.25) is 0 Å². The maximum Gasteiger partial charge on any atom is 0.118 e. The van der Waals surface area contributed by atoms with E-state index in [1.807, 2.05) is 19.3 Å². The number of hydrogen-bond acceptors (Lipinski definition) is 3. The second-order valence-electron chi connectivity index (χ2n) is 7.38. The Hall–Kier alpha value is -2.59. The zero-order valence-electron chi connectivity index (χ0n) is 16.1. The van der Waals surface area contributed by atoms with Gasteiger partial charge in [0, 0.05) is 30.2 Å². The van der Waals surface area contributed by atoms with Crippen LogP contribution in [0.3, 0.4) is 0 Å². The van der Waals surface area contributed by atoms with Crippen molar-refractivity contribution in [3.8, 4) is 11.4 Å². The predicted molar refractivity (Wildman–Crippen MR) is 108 cm³/mol. The summed E-state index contributed by atoms with van der Waals surface area (Å²) < 4.78 is 7.42. The SMILES string of the molecule is COc1ccc(C2(NCc3ccc(-n4ccnc4C)cc3)CCCC2)cc1. The molecular formula is C23H27N3O. The van der Waals surface area contributed by atoms with E-state index < -0.39 is 0 Å². The van der Waals surface area contributed by atoms with Crippen LogP contribution < -0.4 is 10.1 Å². The number of aromatic nitrogens is 2. The highest BCUT2D eigenvalue weighted by Gasteiger charge is 2.34. The highest BCUT2D eigenvalue weighted by Crippen LogP contribution is 2.39. The van der Waals surface area contributed by atoms with Gasteiger partial charge in [-0.1, -0.05) is 37.1 Å². The highest BCUT2D eigenvalue weighted by atomic mass is 16.5. The van der Waals surface area contributed by atoms with Crippen molar-refractivity contribution in [3.63, 3.8) is 0 Å². The van der Waals surface area contributed by atoms with Crippen molar-refractivity contribution < 1.29 is 4.74 Å². The van der Waals surface area contributed by atoms with Gasteiger partial charge in [0.05, 0.1) is 7.11 Å². The quantitative estimate of drug-likeness (QED) is 0.689. The lowest BCUT2D eigenvalue weighted by molar-refractivity contribution is 0.338. The van der Waals surface area contributed by atoms with E-state index in [-0.39, 0.29) is 5.54 Å². The van der Waals surface area contributed by atoms with Gasteiger partial charge < -0.3 is 14.6 Å². The third-order valence-electron chi connectivity index (χ3n) is 5.77. The average molecular weight is 361 g/mol. The Morgan fingerprint density at radius 3 is 2.33 bits per heavy atom. The number of methoxy groups -OCH3 is 1. The fraction of sp³-hybridized carbons (Fsp3) is 0.348. The first kappa shape index (κ1) is 17.8. The normalized spacial score (nSPS) is 15.8. The Morgan fingerprint density at radius 2 is 1.74 bits per heavy atom. The van der Waals surface area contributed by atoms with Gasteiger partial charge in [-0.3, -0.25) is 0 Å². The minimum absolute atomic E-state index is 0.0753. The number of ether oxygens (including phenoxy) is 1. The molecule has 0 saturated heterocycles. The summed E-state index contributed by atoms with van der Waals surface area (Å²) in [6, 6.07) is 17.3. The summed E-state index contributed by atoms with van der Waals surface area (Å²) in [6.07, 6.45) is 8.76. The van der Waals surface area contributed by atoms with E-state index in [1.54, 1.807) is 7.11 Å². The van der Waals surface area contributed by atoms with E-state index in [4.69, 9.17) is 4.74 Å². The van der Waals surface area contributed by atoms with Gasteiger partial charge in [0.15, 0.2) is 0 Å². The van der Waals surface area contributed by atoms with Gasteiger partial charge in [0.2, 0.25) is 0 Å². The summed E-state index contributed by atoms with van der Waals surface area (Å²) in [5.41, 5.74) is 3.90. The molecule has 1 fully saturated rings. The van der Waals surface area contributed by atoms with Crippen molar-refractivity contribution in [1.82, 2.24) is 14.9 Å². The van der Waals surface area contributed by atoms with Gasteiger partial charge in [0.1, 0.15) is 11.6 Å². The summed E-state index contributed by atoms with van der Waals surface area (Å²) in [4.78, 5) is 4.30. The molecular weight excluding hydrogens is 334 g/mol. The second kappa shape index (κ2) is 7.57. The van der Waals surface area contributed by atoms with Crippen molar-refractivity contribution in [1.29, 1.82) is 0 Å². The summed E-state index contributed by atoms with van der Waals surface area (Å²) in [7, 11) is 1.72. The number of imidazole rings is 1. The lowest BCUT2D eigenvalue weighted by Gasteiger charge is -2.31. The van der Waals surface area contributed by atoms with Crippen LogP contribution >= 0.6 is 0 Å². The van der Waals surface area contributed by atoms with E-state index >= 15 is 0 Å². The van der Waals surface area contributed by atoms with Crippen LogP contribution in [0.5, 0.6) is 5.75 Å². The summed E-state index contributed by atoms with van der Waals surface area (Å²) >= 11 is 0. The maximum atomic E-state index is 5.32. The van der Waals surface area contributed by atoms with Gasteiger partial charge in [-0.05, 0) is 55.2 Å². The first-order chi connectivity index (χ1) is 13.2. The van der Waals surface area contributed by atoms with E-state index in [1.165, 1.54) is 36.8 Å². The van der Waals surface area contributed by atoms with Gasteiger partial charge in [-0.15, -0.1) is 0 Å². The molecule has 140 valence electrons. The van der Waals surface area contributed by atoms with Crippen molar-refractivity contribution >= 4 is 0 Å². The van der Waals surface area contributed by atoms with Crippen LogP contribution in [-0.4, -0.2) is 16.7 Å². The third-order valence-corrected chi connectivity index (χ3v) is 5.77. The zero-order chi connectivity index (χ0) is 18.7. The molecule has 0 aliphatic heterocycles. The topological polar surface area (TPSA) is 39.1 Å². The molecule has 0 bridgehead atoms. The molecule has 0 radical (unpaired) electrons. The van der Waals surface area contributed by atoms with E-state index in [0.29, 0.717) is 0 Å². The molecule has 27 heavy (non-hydrogen) atoms. The zero-order valence-corrected chi connectivity index (χ0v) is 16.1. The van der Waals surface area contributed by atoms with Crippen LogP contribution in [0.15, 0.2) is 60.9 Å². The molecule has 1 heterocycles. The van der Waals surface area contributed by atoms with Gasteiger partial charge >= 0.3 is 0 Å². The molecule has 4 nitrogen and oxygen atoms in total. The molecule has 1 aliphatic rings. The first-order valence-corrected chi connectivity index (χ1v) is 9.69. The molecule has 0 atom stereocenters. The van der Waals surface area contributed by atoms with Gasteiger partial charge in [-0.25, -0.2) is 4.98 Å². The number of nitrogens with zero attached hydrogens (tertiary/aromatic N) is 2. The van der Waals surface area contributed by atoms with Crippen molar-refractivity contribution in [2.45, 2.75) is 44.7 Å². The largest absolute Gasteiger partial charge is 0.497 e. The van der Waals surface area contributed by atoms with Gasteiger partial charge in [-0.2, -0.15) is 0 Å². The van der Waals surface area contributed by atoms with Crippen LogP contribution in [0.1, 0.15) is 42.6 Å². The summed E-state index contributed by atoms with van der Waals surface area (Å²) in [5, 5.41) is 3.87. The average Bonchev–Trinajstić information content (AvgIpc) is 3.37. The standard InChI is InChI=1S/C23H27N3O/c1-18-24-15-16-26(18)21-9-5-19(6-10-21)17-25-23(13-3-4-14-23)20-7-11-22(27-2)12-8-20/h5-12,15-16,25H,3-4,13-14,17H2,1-2H3. The Morgan fingerprint density at radius 1 is 1.04 bits per heavy atom. The molecule has 1 saturated carbocycles. The maximum absolute atomic E-state index is 5.32. The molecule has 1 aromatic heterocycles. The Labute approximate surface area is 161 Å². The molecule has 3 aromatic rings. The van der Waals surface area contributed by atoms with Crippen molar-refractivity contribution in [2.24, 2.45) is 0 Å². The van der Waals surface area contributed by atoms with Crippen LogP contribution in [0, 0.1) is 6.92 Å². The molecule has 1 N–H and O–H groups in total. The number of aryl methyl sites for hydroxylation is 1. The minimum Gasteiger partial charge on any atom is -0.497 e. The fourth-order valence-electron chi connectivity index (χ4n) is 4.15. The molecule has 0 unspecified atom stereocenters. The van der Waals surface area contributed by atoms with Crippen molar-refractivity contribution in [2.75, 3.05) is 7.11 Å². The number of nitrogens with one attached hydrogen (secondary N) is 1. The number of benzene rings is 2. The highest BCUT2D eigenvalue weighted by molar-refractivity contribution is 5.36. The van der Waals surface area contributed by atoms with Crippen LogP contribution in [-0.2, 0) is 12.1 Å². The Kier molecular flexibility index (Phi) is 4.99. The lowest BCUT2D eigenvalue weighted by atomic mass is 9.88. The third kappa shape index (κ3) is 3.62. The van der Waals surface area contributed by atoms with E-state index in [9.17, 15) is 0 Å². The molecule has 1 aliphatic carbocycles. The van der Waals surface area contributed by atoms with E-state index in [2.05, 4.69) is 63.4 Å². The fourth-order valence-corrected chi connectivity index (χ4v) is 4.15. The second-order valence-corrected chi connectivity index (χ2v) is 7.38. The van der Waals surface area contributed by atoms with Crippen LogP contribution in [0.25, 0.3) is 5.69 Å². The lowest BCUT2D eigenvalue weighted by Crippen LogP contribution is -2.39. The smallest absolute Gasteiger partial charge is 0.118 e. The Balaban J connectivity index is 1.49. The monoisotopic (exact) mass is 361 g/mol. The minimum atomic E-state index is 0.0753. The molecule has 4 rings (SSSR count). The number of hydrogen-bond donors (Lipinski definition) is 1. The first-order valence-electron chi connectivity index (χ1n) is 9.69. The van der Waals surface area contributed by atoms with Crippen LogP contribution in [0.4, 0.5) is 0 Å². The van der Waals surface area contributed by atoms with Gasteiger partial charge in [0.25, 0.3) is 0 Å². The Bertz CT molecular complexity index is 875. The number of rotatable bonds is 6. The van der Waals surface area contributed by atoms with E-state index in [0.717, 1.165) is 23.8 Å². The summed E-state index contributed by atoms with van der Waals surface area (Å²) in [6.45, 7) is 2.89.